The number of hydrazine groups is 1. The number of para-hydroxylation sites is 1. The minimum absolute atomic E-state index is 0.116. The molecule has 2 atom stereocenters. The average molecular weight is 188 g/mol. The Morgan fingerprint density at radius 2 is 2.29 bits per heavy atom. The third-order valence-electron chi connectivity index (χ3n) is 2.52. The number of hydrogen-bond acceptors (Lipinski definition) is 4. The fraction of sp³-hybridized carbons (Fsp3) is 0.300. The van der Waals surface area contributed by atoms with Crippen LogP contribution in [-0.4, -0.2) is 6.17 Å². The molecule has 0 saturated heterocycles. The van der Waals surface area contributed by atoms with Crippen LogP contribution in [0, 0.1) is 17.2 Å². The standard InChI is InChI=1S/C10H12N4/c11-6-8-5-7-3-1-2-4-9(7)13-10(8)14-12/h1-4,8,10,13-14H,5,12H2. The van der Waals surface area contributed by atoms with Gasteiger partial charge in [0, 0.05) is 5.69 Å². The summed E-state index contributed by atoms with van der Waals surface area (Å²) in [7, 11) is 0. The van der Waals surface area contributed by atoms with E-state index in [0.29, 0.717) is 0 Å². The topological polar surface area (TPSA) is 73.9 Å². The molecule has 1 aliphatic rings. The fourth-order valence-corrected chi connectivity index (χ4v) is 1.74. The number of benzene rings is 1. The van der Waals surface area contributed by atoms with Crippen LogP contribution >= 0.6 is 0 Å². The van der Waals surface area contributed by atoms with Gasteiger partial charge in [-0.05, 0) is 18.1 Å². The van der Waals surface area contributed by atoms with E-state index in [9.17, 15) is 0 Å². The second-order valence-electron chi connectivity index (χ2n) is 3.39. The number of hydrogen-bond donors (Lipinski definition) is 3. The summed E-state index contributed by atoms with van der Waals surface area (Å²) in [5.41, 5.74) is 4.84. The lowest BCUT2D eigenvalue weighted by molar-refractivity contribution is 0.448. The number of rotatable bonds is 1. The Morgan fingerprint density at radius 3 is 3.00 bits per heavy atom. The predicted octanol–water partition coefficient (Wildman–Crippen LogP) is 0.584. The summed E-state index contributed by atoms with van der Waals surface area (Å²) in [5, 5.41) is 12.1. The molecular formula is C10H12N4. The molecule has 2 rings (SSSR count). The highest BCUT2D eigenvalue weighted by Gasteiger charge is 2.26. The number of nitrogens with two attached hydrogens (primary N) is 1. The van der Waals surface area contributed by atoms with Gasteiger partial charge in [0.1, 0.15) is 6.17 Å². The van der Waals surface area contributed by atoms with E-state index in [1.54, 1.807) is 0 Å². The van der Waals surface area contributed by atoms with Gasteiger partial charge in [-0.2, -0.15) is 5.26 Å². The molecule has 1 aromatic rings. The maximum Gasteiger partial charge on any atom is 0.106 e. The van der Waals surface area contributed by atoms with Crippen molar-refractivity contribution in [3.05, 3.63) is 29.8 Å². The maximum absolute atomic E-state index is 8.93. The summed E-state index contributed by atoms with van der Waals surface area (Å²) in [6.07, 6.45) is 0.587. The zero-order valence-corrected chi connectivity index (χ0v) is 7.70. The Hall–Kier alpha value is -1.57. The van der Waals surface area contributed by atoms with Gasteiger partial charge in [-0.15, -0.1) is 0 Å². The third-order valence-corrected chi connectivity index (χ3v) is 2.52. The average Bonchev–Trinajstić information content (AvgIpc) is 2.27. The van der Waals surface area contributed by atoms with Crippen LogP contribution in [0.1, 0.15) is 5.56 Å². The SMILES string of the molecule is N#CC1Cc2ccccc2NC1NN. The first-order valence-corrected chi connectivity index (χ1v) is 4.55. The highest BCUT2D eigenvalue weighted by atomic mass is 15.3. The van der Waals surface area contributed by atoms with Crippen LogP contribution in [0.25, 0.3) is 0 Å². The normalized spacial score (nSPS) is 24.6. The van der Waals surface area contributed by atoms with Gasteiger partial charge in [-0.3, -0.25) is 5.84 Å². The number of fused-ring (bicyclic) bond motifs is 1. The number of nitrogens with zero attached hydrogens (tertiary/aromatic N) is 1. The number of anilines is 1. The van der Waals surface area contributed by atoms with Crippen molar-refractivity contribution in [2.45, 2.75) is 12.6 Å². The van der Waals surface area contributed by atoms with E-state index in [2.05, 4.69) is 16.8 Å². The van der Waals surface area contributed by atoms with Gasteiger partial charge in [0.2, 0.25) is 0 Å². The summed E-state index contributed by atoms with van der Waals surface area (Å²) in [4.78, 5) is 0. The largest absolute Gasteiger partial charge is 0.367 e. The molecule has 72 valence electrons. The van der Waals surface area contributed by atoms with E-state index in [0.717, 1.165) is 12.1 Å². The summed E-state index contributed by atoms with van der Waals surface area (Å²) >= 11 is 0. The van der Waals surface area contributed by atoms with Crippen molar-refractivity contribution in [2.24, 2.45) is 11.8 Å². The van der Waals surface area contributed by atoms with Crippen molar-refractivity contribution in [3.8, 4) is 6.07 Å². The first kappa shape index (κ1) is 9.00. The summed E-state index contributed by atoms with van der Waals surface area (Å²) < 4.78 is 0. The van der Waals surface area contributed by atoms with Crippen molar-refractivity contribution in [1.29, 1.82) is 5.26 Å². The van der Waals surface area contributed by atoms with Crippen molar-refractivity contribution < 1.29 is 0 Å². The van der Waals surface area contributed by atoms with Crippen LogP contribution < -0.4 is 16.6 Å². The summed E-state index contributed by atoms with van der Waals surface area (Å²) in [5.74, 6) is 5.25. The lowest BCUT2D eigenvalue weighted by Gasteiger charge is -2.30. The van der Waals surface area contributed by atoms with Gasteiger partial charge >= 0.3 is 0 Å². The van der Waals surface area contributed by atoms with E-state index in [1.165, 1.54) is 5.56 Å². The van der Waals surface area contributed by atoms with Crippen LogP contribution in [-0.2, 0) is 6.42 Å². The van der Waals surface area contributed by atoms with E-state index >= 15 is 0 Å². The Kier molecular flexibility index (Phi) is 2.35. The summed E-state index contributed by atoms with van der Waals surface area (Å²) in [6.45, 7) is 0. The van der Waals surface area contributed by atoms with E-state index in [1.807, 2.05) is 24.3 Å². The van der Waals surface area contributed by atoms with E-state index in [-0.39, 0.29) is 12.1 Å². The number of nitrogens with one attached hydrogen (secondary N) is 2. The number of nitriles is 1. The Labute approximate surface area is 82.7 Å². The van der Waals surface area contributed by atoms with Gasteiger partial charge < -0.3 is 5.32 Å². The van der Waals surface area contributed by atoms with Crippen molar-refractivity contribution in [3.63, 3.8) is 0 Å². The molecule has 1 aromatic carbocycles. The molecular weight excluding hydrogens is 176 g/mol. The highest BCUT2D eigenvalue weighted by Crippen LogP contribution is 2.26. The van der Waals surface area contributed by atoms with E-state index < -0.39 is 0 Å². The monoisotopic (exact) mass is 188 g/mol. The minimum Gasteiger partial charge on any atom is -0.367 e. The third kappa shape index (κ3) is 1.43. The molecule has 0 aliphatic carbocycles. The van der Waals surface area contributed by atoms with Crippen LogP contribution in [0.2, 0.25) is 0 Å². The Bertz CT molecular complexity index is 369. The van der Waals surface area contributed by atoms with Crippen LogP contribution in [0.15, 0.2) is 24.3 Å². The quantitative estimate of drug-likeness (QED) is 0.445. The van der Waals surface area contributed by atoms with E-state index in [4.69, 9.17) is 11.1 Å². The zero-order chi connectivity index (χ0) is 9.97. The second kappa shape index (κ2) is 3.66. The first-order chi connectivity index (χ1) is 6.85. The molecule has 1 heterocycles. The Morgan fingerprint density at radius 1 is 1.50 bits per heavy atom. The predicted molar refractivity (Wildman–Crippen MR) is 54.0 cm³/mol. The van der Waals surface area contributed by atoms with Gasteiger partial charge in [0.15, 0.2) is 0 Å². The molecule has 0 amide bonds. The minimum atomic E-state index is -0.158. The highest BCUT2D eigenvalue weighted by molar-refractivity contribution is 5.54. The maximum atomic E-state index is 8.93. The smallest absolute Gasteiger partial charge is 0.106 e. The molecule has 0 radical (unpaired) electrons. The van der Waals surface area contributed by atoms with Gasteiger partial charge in [-0.25, -0.2) is 5.43 Å². The molecule has 0 fully saturated rings. The van der Waals surface area contributed by atoms with Gasteiger partial charge in [-0.1, -0.05) is 18.2 Å². The molecule has 14 heavy (non-hydrogen) atoms. The molecule has 0 spiro atoms. The van der Waals surface area contributed by atoms with Gasteiger partial charge in [0.25, 0.3) is 0 Å². The molecule has 4 N–H and O–H groups in total. The summed E-state index contributed by atoms with van der Waals surface area (Å²) in [6, 6.07) is 10.2. The molecule has 0 saturated carbocycles. The lowest BCUT2D eigenvalue weighted by atomic mass is 9.92. The van der Waals surface area contributed by atoms with Crippen molar-refractivity contribution in [2.75, 3.05) is 5.32 Å². The first-order valence-electron chi connectivity index (χ1n) is 4.55. The molecule has 2 unspecified atom stereocenters. The molecule has 0 bridgehead atoms. The molecule has 4 heteroatoms. The van der Waals surface area contributed by atoms with Crippen LogP contribution in [0.3, 0.4) is 0 Å². The fourth-order valence-electron chi connectivity index (χ4n) is 1.74. The van der Waals surface area contributed by atoms with Crippen molar-refractivity contribution >= 4 is 5.69 Å². The molecule has 1 aliphatic heterocycles. The van der Waals surface area contributed by atoms with Gasteiger partial charge in [0.05, 0.1) is 12.0 Å². The van der Waals surface area contributed by atoms with Crippen LogP contribution in [0.4, 0.5) is 5.69 Å². The van der Waals surface area contributed by atoms with Crippen molar-refractivity contribution in [1.82, 2.24) is 5.43 Å². The zero-order valence-electron chi connectivity index (χ0n) is 7.70. The second-order valence-corrected chi connectivity index (χ2v) is 3.39. The lowest BCUT2D eigenvalue weighted by Crippen LogP contribution is -2.48. The molecule has 4 nitrogen and oxygen atoms in total. The Balaban J connectivity index is 2.30. The van der Waals surface area contributed by atoms with Crippen LogP contribution in [0.5, 0.6) is 0 Å². The molecule has 0 aromatic heterocycles.